The van der Waals surface area contributed by atoms with Crippen molar-refractivity contribution < 1.29 is 9.59 Å². The van der Waals surface area contributed by atoms with Crippen LogP contribution in [0.25, 0.3) is 0 Å². The number of nitrogens with one attached hydrogen (secondary N) is 2. The van der Waals surface area contributed by atoms with E-state index < -0.39 is 0 Å². The van der Waals surface area contributed by atoms with E-state index in [9.17, 15) is 9.59 Å². The molecule has 0 heterocycles. The minimum absolute atomic E-state index is 0.0547. The highest BCUT2D eigenvalue weighted by Crippen LogP contribution is 2.01. The van der Waals surface area contributed by atoms with Crippen LogP contribution in [0.4, 0.5) is 0 Å². The summed E-state index contributed by atoms with van der Waals surface area (Å²) in [6.45, 7) is 13.4. The number of hydrogen-bond donors (Lipinski definition) is 3. The predicted molar refractivity (Wildman–Crippen MR) is 96.2 cm³/mol. The fraction of sp³-hybridized carbons (Fsp3) is 0.333. The van der Waals surface area contributed by atoms with E-state index >= 15 is 0 Å². The van der Waals surface area contributed by atoms with Crippen LogP contribution in [-0.4, -0.2) is 24.9 Å². The van der Waals surface area contributed by atoms with Crippen LogP contribution in [0.5, 0.6) is 0 Å². The molecule has 0 atom stereocenters. The van der Waals surface area contributed by atoms with Crippen molar-refractivity contribution in [1.29, 1.82) is 0 Å². The number of nitrogens with two attached hydrogens (primary N) is 1. The van der Waals surface area contributed by atoms with E-state index in [1.165, 1.54) is 0 Å². The Bertz CT molecular complexity index is 514. The zero-order valence-corrected chi connectivity index (χ0v) is 14.2. The molecule has 5 heteroatoms. The lowest BCUT2D eigenvalue weighted by Crippen LogP contribution is -2.30. The molecule has 0 aliphatic rings. The SMILES string of the molecule is C=C/C=C(\C=C)CNC(=O)C/C(=C/N)C(=O)NCC.CC#CC. The average molecular weight is 317 g/mol. The van der Waals surface area contributed by atoms with Crippen molar-refractivity contribution in [1.82, 2.24) is 10.6 Å². The zero-order chi connectivity index (χ0) is 18.1. The molecule has 0 spiro atoms. The van der Waals surface area contributed by atoms with E-state index in [1.807, 2.05) is 13.8 Å². The third-order valence-electron chi connectivity index (χ3n) is 2.51. The van der Waals surface area contributed by atoms with Gasteiger partial charge in [-0.3, -0.25) is 9.59 Å². The molecule has 0 bridgehead atoms. The predicted octanol–water partition coefficient (Wildman–Crippen LogP) is 1.80. The summed E-state index contributed by atoms with van der Waals surface area (Å²) >= 11 is 0. The maximum absolute atomic E-state index is 11.7. The van der Waals surface area contributed by atoms with Gasteiger partial charge in [0, 0.05) is 24.9 Å². The first-order valence-electron chi connectivity index (χ1n) is 7.23. The maximum atomic E-state index is 11.7. The van der Waals surface area contributed by atoms with E-state index in [0.29, 0.717) is 13.1 Å². The van der Waals surface area contributed by atoms with E-state index in [1.54, 1.807) is 25.2 Å². The summed E-state index contributed by atoms with van der Waals surface area (Å²) in [6.07, 6.45) is 6.09. The number of allylic oxidation sites excluding steroid dienone is 2. The van der Waals surface area contributed by atoms with E-state index in [2.05, 4.69) is 35.6 Å². The number of carbonyl (C=O) groups excluding carboxylic acids is 2. The van der Waals surface area contributed by atoms with Crippen LogP contribution in [0.3, 0.4) is 0 Å². The van der Waals surface area contributed by atoms with Crippen molar-refractivity contribution >= 4 is 11.8 Å². The summed E-state index contributed by atoms with van der Waals surface area (Å²) in [5.41, 5.74) is 6.41. The molecular weight excluding hydrogens is 290 g/mol. The van der Waals surface area contributed by atoms with Crippen molar-refractivity contribution in [3.8, 4) is 11.8 Å². The molecule has 0 aliphatic carbocycles. The molecule has 0 aromatic carbocycles. The lowest BCUT2D eigenvalue weighted by Gasteiger charge is -2.08. The smallest absolute Gasteiger partial charge is 0.249 e. The molecule has 126 valence electrons. The summed E-state index contributed by atoms with van der Waals surface area (Å²) < 4.78 is 0. The Morgan fingerprint density at radius 2 is 1.78 bits per heavy atom. The first-order valence-corrected chi connectivity index (χ1v) is 7.23. The van der Waals surface area contributed by atoms with Gasteiger partial charge in [0.1, 0.15) is 0 Å². The molecule has 0 unspecified atom stereocenters. The Kier molecular flexibility index (Phi) is 15.3. The lowest BCUT2D eigenvalue weighted by atomic mass is 10.1. The molecule has 0 saturated heterocycles. The second-order valence-electron chi connectivity index (χ2n) is 4.19. The first-order chi connectivity index (χ1) is 11.0. The largest absolute Gasteiger partial charge is 0.404 e. The molecule has 0 saturated carbocycles. The van der Waals surface area contributed by atoms with E-state index in [4.69, 9.17) is 5.73 Å². The zero-order valence-electron chi connectivity index (χ0n) is 14.2. The fourth-order valence-electron chi connectivity index (χ4n) is 1.28. The van der Waals surface area contributed by atoms with Crippen LogP contribution in [-0.2, 0) is 9.59 Å². The van der Waals surface area contributed by atoms with Gasteiger partial charge in [0.05, 0.1) is 6.42 Å². The molecule has 4 N–H and O–H groups in total. The molecule has 23 heavy (non-hydrogen) atoms. The van der Waals surface area contributed by atoms with Crippen LogP contribution >= 0.6 is 0 Å². The summed E-state index contributed by atoms with van der Waals surface area (Å²) in [6, 6.07) is 0. The van der Waals surface area contributed by atoms with Gasteiger partial charge in [-0.15, -0.1) is 11.8 Å². The summed E-state index contributed by atoms with van der Waals surface area (Å²) in [5.74, 6) is 4.76. The Labute approximate surface area is 139 Å². The van der Waals surface area contributed by atoms with Crippen LogP contribution in [0.1, 0.15) is 27.2 Å². The van der Waals surface area contributed by atoms with Crippen LogP contribution in [0, 0.1) is 11.8 Å². The van der Waals surface area contributed by atoms with Crippen LogP contribution in [0.15, 0.2) is 48.7 Å². The van der Waals surface area contributed by atoms with Gasteiger partial charge in [-0.2, -0.15) is 0 Å². The normalized spacial score (nSPS) is 10.2. The maximum Gasteiger partial charge on any atom is 0.249 e. The highest BCUT2D eigenvalue weighted by Gasteiger charge is 2.12. The van der Waals surface area contributed by atoms with Gasteiger partial charge in [0.2, 0.25) is 11.8 Å². The van der Waals surface area contributed by atoms with Crippen LogP contribution in [0.2, 0.25) is 0 Å². The molecular formula is C18H27N3O2. The molecule has 0 radical (unpaired) electrons. The van der Waals surface area contributed by atoms with Gasteiger partial charge < -0.3 is 16.4 Å². The molecule has 0 rings (SSSR count). The van der Waals surface area contributed by atoms with E-state index in [-0.39, 0.29) is 23.8 Å². The molecule has 5 nitrogen and oxygen atoms in total. The number of hydrogen-bond acceptors (Lipinski definition) is 3. The monoisotopic (exact) mass is 317 g/mol. The summed E-state index contributed by atoms with van der Waals surface area (Å²) in [5, 5.41) is 5.27. The van der Waals surface area contributed by atoms with Gasteiger partial charge in [0.25, 0.3) is 0 Å². The second-order valence-corrected chi connectivity index (χ2v) is 4.19. The Morgan fingerprint density at radius 1 is 1.17 bits per heavy atom. The van der Waals surface area contributed by atoms with Crippen molar-refractivity contribution in [3.05, 3.63) is 48.7 Å². The quantitative estimate of drug-likeness (QED) is 0.362. The molecule has 0 aliphatic heterocycles. The fourth-order valence-corrected chi connectivity index (χ4v) is 1.28. The van der Waals surface area contributed by atoms with Gasteiger partial charge in [-0.1, -0.05) is 31.4 Å². The summed E-state index contributed by atoms with van der Waals surface area (Å²) in [7, 11) is 0. The van der Waals surface area contributed by atoms with Crippen LogP contribution < -0.4 is 16.4 Å². The Balaban J connectivity index is 0. The van der Waals surface area contributed by atoms with Crippen molar-refractivity contribution in [2.75, 3.05) is 13.1 Å². The molecule has 2 amide bonds. The molecule has 0 aromatic heterocycles. The summed E-state index contributed by atoms with van der Waals surface area (Å²) in [4.78, 5) is 23.2. The van der Waals surface area contributed by atoms with Gasteiger partial charge >= 0.3 is 0 Å². The molecule has 0 aromatic rings. The topological polar surface area (TPSA) is 84.2 Å². The lowest BCUT2D eigenvalue weighted by molar-refractivity contribution is -0.123. The van der Waals surface area contributed by atoms with Gasteiger partial charge in [0.15, 0.2) is 0 Å². The second kappa shape index (κ2) is 15.6. The van der Waals surface area contributed by atoms with Crippen molar-refractivity contribution in [2.45, 2.75) is 27.2 Å². The molecule has 0 fully saturated rings. The third-order valence-corrected chi connectivity index (χ3v) is 2.51. The number of likely N-dealkylation sites (N-methyl/N-ethyl adjacent to an activating group) is 1. The number of carbonyl (C=O) groups is 2. The number of amides is 2. The average Bonchev–Trinajstić information content (AvgIpc) is 2.56. The Morgan fingerprint density at radius 3 is 2.17 bits per heavy atom. The Hall–Kier alpha value is -2.74. The van der Waals surface area contributed by atoms with Crippen molar-refractivity contribution in [2.24, 2.45) is 5.73 Å². The van der Waals surface area contributed by atoms with Crippen molar-refractivity contribution in [3.63, 3.8) is 0 Å². The number of rotatable bonds is 8. The van der Waals surface area contributed by atoms with Gasteiger partial charge in [-0.25, -0.2) is 0 Å². The van der Waals surface area contributed by atoms with E-state index in [0.717, 1.165) is 11.8 Å². The minimum atomic E-state index is -0.328. The highest BCUT2D eigenvalue weighted by atomic mass is 16.2. The van der Waals surface area contributed by atoms with Gasteiger partial charge in [-0.05, 0) is 26.3 Å². The standard InChI is InChI=1S/C14H21N3O2.C4H6/c1-4-7-11(5-2)10-17-13(18)8-12(9-15)14(19)16-6-3;1-3-4-2/h4-5,7,9H,1-2,6,8,10,15H2,3H3,(H,16,19)(H,17,18);1-2H3/b11-7+,12-9-;. The first kappa shape index (κ1) is 22.5. The highest BCUT2D eigenvalue weighted by molar-refractivity contribution is 5.98. The minimum Gasteiger partial charge on any atom is -0.404 e. The third kappa shape index (κ3) is 12.7.